The maximum absolute atomic E-state index is 12.2. The number of carbonyl (C=O) groups is 1. The average molecular weight is 348 g/mol. The first-order valence-corrected chi connectivity index (χ1v) is 8.80. The normalized spacial score (nSPS) is 11.6. The predicted octanol–water partition coefficient (Wildman–Crippen LogP) is 3.49. The van der Waals surface area contributed by atoms with Gasteiger partial charge in [0.2, 0.25) is 0 Å². The van der Waals surface area contributed by atoms with Crippen LogP contribution in [0.15, 0.2) is 35.7 Å². The van der Waals surface area contributed by atoms with Crippen LogP contribution in [0, 0.1) is 6.92 Å². The van der Waals surface area contributed by atoms with Gasteiger partial charge in [0, 0.05) is 10.3 Å². The third-order valence-corrected chi connectivity index (χ3v) is 4.81. The third-order valence-electron chi connectivity index (χ3n) is 3.64. The van der Waals surface area contributed by atoms with E-state index in [-0.39, 0.29) is 11.9 Å². The second kappa shape index (κ2) is 8.08. The van der Waals surface area contributed by atoms with Crippen molar-refractivity contribution in [3.63, 3.8) is 0 Å². The van der Waals surface area contributed by atoms with Crippen molar-refractivity contribution in [3.05, 3.63) is 57.3 Å². The molecule has 0 unspecified atom stereocenters. The molecule has 4 nitrogen and oxygen atoms in total. The number of amides is 1. The SMILES string of the molecule is CCc1c(C(=O)NNC(=S)N[C@H](C)c2ccccc2)csc1C. The molecular formula is C17H21N3OS2. The molecular weight excluding hydrogens is 326 g/mol. The molecule has 0 radical (unpaired) electrons. The zero-order chi connectivity index (χ0) is 16.8. The summed E-state index contributed by atoms with van der Waals surface area (Å²) in [5.74, 6) is -0.164. The number of hydrazine groups is 1. The summed E-state index contributed by atoms with van der Waals surface area (Å²) in [7, 11) is 0. The fourth-order valence-corrected chi connectivity index (χ4v) is 3.52. The van der Waals surface area contributed by atoms with Gasteiger partial charge in [-0.2, -0.15) is 0 Å². The lowest BCUT2D eigenvalue weighted by Crippen LogP contribution is -2.47. The Hall–Kier alpha value is -1.92. The highest BCUT2D eigenvalue weighted by Crippen LogP contribution is 2.21. The van der Waals surface area contributed by atoms with Crippen LogP contribution in [0.5, 0.6) is 0 Å². The van der Waals surface area contributed by atoms with E-state index in [1.807, 2.05) is 56.5 Å². The van der Waals surface area contributed by atoms with Crippen LogP contribution in [-0.2, 0) is 6.42 Å². The number of nitrogens with one attached hydrogen (secondary N) is 3. The number of carbonyl (C=O) groups excluding carboxylic acids is 1. The van der Waals surface area contributed by atoms with E-state index < -0.39 is 0 Å². The van der Waals surface area contributed by atoms with Crippen LogP contribution >= 0.6 is 23.6 Å². The molecule has 2 aromatic rings. The summed E-state index contributed by atoms with van der Waals surface area (Å²) in [6, 6.07) is 10.1. The summed E-state index contributed by atoms with van der Waals surface area (Å²) in [6.07, 6.45) is 0.839. The number of hydrogen-bond acceptors (Lipinski definition) is 3. The van der Waals surface area contributed by atoms with Gasteiger partial charge < -0.3 is 5.32 Å². The van der Waals surface area contributed by atoms with Gasteiger partial charge in [-0.15, -0.1) is 11.3 Å². The summed E-state index contributed by atoms with van der Waals surface area (Å²) in [4.78, 5) is 13.4. The zero-order valence-electron chi connectivity index (χ0n) is 13.5. The average Bonchev–Trinajstić information content (AvgIpc) is 2.94. The quantitative estimate of drug-likeness (QED) is 0.585. The van der Waals surface area contributed by atoms with Crippen molar-refractivity contribution in [2.24, 2.45) is 0 Å². The molecule has 0 saturated heterocycles. The van der Waals surface area contributed by atoms with Gasteiger partial charge in [0.05, 0.1) is 11.6 Å². The van der Waals surface area contributed by atoms with Crippen LogP contribution < -0.4 is 16.2 Å². The number of hydrogen-bond donors (Lipinski definition) is 3. The highest BCUT2D eigenvalue weighted by molar-refractivity contribution is 7.80. The summed E-state index contributed by atoms with van der Waals surface area (Å²) >= 11 is 6.82. The summed E-state index contributed by atoms with van der Waals surface area (Å²) in [5.41, 5.74) is 8.35. The topological polar surface area (TPSA) is 53.2 Å². The smallest absolute Gasteiger partial charge is 0.270 e. The predicted molar refractivity (Wildman–Crippen MR) is 99.6 cm³/mol. The summed E-state index contributed by atoms with van der Waals surface area (Å²) < 4.78 is 0. The van der Waals surface area contributed by atoms with Gasteiger partial charge in [0.15, 0.2) is 5.11 Å². The van der Waals surface area contributed by atoms with Gasteiger partial charge in [-0.05, 0) is 43.6 Å². The molecule has 1 atom stereocenters. The van der Waals surface area contributed by atoms with Crippen molar-refractivity contribution in [1.29, 1.82) is 0 Å². The Labute approximate surface area is 146 Å². The zero-order valence-corrected chi connectivity index (χ0v) is 15.1. The Balaban J connectivity index is 1.88. The Morgan fingerprint density at radius 1 is 1.26 bits per heavy atom. The second-order valence-corrected chi connectivity index (χ2v) is 6.71. The Morgan fingerprint density at radius 2 is 1.96 bits per heavy atom. The van der Waals surface area contributed by atoms with E-state index in [9.17, 15) is 4.79 Å². The van der Waals surface area contributed by atoms with Crippen molar-refractivity contribution in [1.82, 2.24) is 16.2 Å². The van der Waals surface area contributed by atoms with Gasteiger partial charge in [-0.3, -0.25) is 15.6 Å². The van der Waals surface area contributed by atoms with Crippen LogP contribution in [0.2, 0.25) is 0 Å². The lowest BCUT2D eigenvalue weighted by molar-refractivity contribution is 0.0943. The van der Waals surface area contributed by atoms with Crippen LogP contribution in [0.4, 0.5) is 0 Å². The number of thiophene rings is 1. The molecule has 0 aliphatic rings. The number of aryl methyl sites for hydroxylation is 1. The van der Waals surface area contributed by atoms with Crippen LogP contribution in [0.1, 0.15) is 46.3 Å². The van der Waals surface area contributed by atoms with E-state index in [1.54, 1.807) is 11.3 Å². The molecule has 23 heavy (non-hydrogen) atoms. The minimum atomic E-state index is -0.164. The monoisotopic (exact) mass is 347 g/mol. The largest absolute Gasteiger partial charge is 0.355 e. The Kier molecular flexibility index (Phi) is 6.12. The first kappa shape index (κ1) is 17.4. The molecule has 0 bridgehead atoms. The van der Waals surface area contributed by atoms with Gasteiger partial charge in [0.25, 0.3) is 5.91 Å². The van der Waals surface area contributed by atoms with Gasteiger partial charge in [-0.25, -0.2) is 0 Å². The Morgan fingerprint density at radius 3 is 2.61 bits per heavy atom. The summed E-state index contributed by atoms with van der Waals surface area (Å²) in [5, 5.41) is 5.42. The fourth-order valence-electron chi connectivity index (χ4n) is 2.35. The lowest BCUT2D eigenvalue weighted by atomic mass is 10.1. The molecule has 0 fully saturated rings. The highest BCUT2D eigenvalue weighted by Gasteiger charge is 2.14. The number of rotatable bonds is 4. The molecule has 1 aromatic carbocycles. The van der Waals surface area contributed by atoms with Gasteiger partial charge in [0.1, 0.15) is 0 Å². The minimum absolute atomic E-state index is 0.0581. The number of thiocarbonyl (C=S) groups is 1. The van der Waals surface area contributed by atoms with Crippen molar-refractivity contribution in [3.8, 4) is 0 Å². The Bertz CT molecular complexity index is 682. The van der Waals surface area contributed by atoms with Crippen molar-refractivity contribution >= 4 is 34.6 Å². The van der Waals surface area contributed by atoms with Crippen molar-refractivity contribution < 1.29 is 4.79 Å². The van der Waals surface area contributed by atoms with Crippen molar-refractivity contribution in [2.75, 3.05) is 0 Å². The third kappa shape index (κ3) is 4.53. The van der Waals surface area contributed by atoms with Crippen LogP contribution in [-0.4, -0.2) is 11.0 Å². The molecule has 3 N–H and O–H groups in total. The highest BCUT2D eigenvalue weighted by atomic mass is 32.1. The first-order chi connectivity index (χ1) is 11.0. The maximum atomic E-state index is 12.2. The molecule has 0 spiro atoms. The standard InChI is InChI=1S/C17H21N3OS2/c1-4-14-12(3)23-10-15(14)16(21)19-20-17(22)18-11(2)13-8-6-5-7-9-13/h5-11H,4H2,1-3H3,(H,19,21)(H2,18,20,22)/t11-/m1/s1. The van der Waals surface area contributed by atoms with E-state index >= 15 is 0 Å². The first-order valence-electron chi connectivity index (χ1n) is 7.51. The lowest BCUT2D eigenvalue weighted by Gasteiger charge is -2.17. The molecule has 0 aliphatic carbocycles. The molecule has 122 valence electrons. The minimum Gasteiger partial charge on any atom is -0.355 e. The fraction of sp³-hybridized carbons (Fsp3) is 0.294. The van der Waals surface area contributed by atoms with Gasteiger partial charge in [-0.1, -0.05) is 37.3 Å². The van der Waals surface area contributed by atoms with Crippen LogP contribution in [0.25, 0.3) is 0 Å². The van der Waals surface area contributed by atoms with E-state index in [1.165, 1.54) is 4.88 Å². The van der Waals surface area contributed by atoms with Crippen molar-refractivity contribution in [2.45, 2.75) is 33.2 Å². The van der Waals surface area contributed by atoms with E-state index in [4.69, 9.17) is 12.2 Å². The molecule has 1 aromatic heterocycles. The van der Waals surface area contributed by atoms with Gasteiger partial charge >= 0.3 is 0 Å². The molecule has 0 aliphatic heterocycles. The molecule has 2 rings (SSSR count). The van der Waals surface area contributed by atoms with E-state index in [0.29, 0.717) is 10.7 Å². The maximum Gasteiger partial charge on any atom is 0.270 e. The molecule has 1 heterocycles. The molecule has 1 amide bonds. The second-order valence-electron chi connectivity index (χ2n) is 5.22. The van der Waals surface area contributed by atoms with E-state index in [2.05, 4.69) is 16.2 Å². The van der Waals surface area contributed by atoms with Crippen LogP contribution in [0.3, 0.4) is 0 Å². The number of benzene rings is 1. The molecule has 0 saturated carbocycles. The molecule has 6 heteroatoms. The van der Waals surface area contributed by atoms with E-state index in [0.717, 1.165) is 17.5 Å². The summed E-state index contributed by atoms with van der Waals surface area (Å²) in [6.45, 7) is 6.09.